The van der Waals surface area contributed by atoms with Crippen LogP contribution in [0.3, 0.4) is 0 Å². The number of carbonyl (C=O) groups excluding carboxylic acids is 4. The van der Waals surface area contributed by atoms with Crippen LogP contribution in [0.15, 0.2) is 120 Å². The number of Topliss-reactive ketones (excluding diaryl/α,β-unsaturated/α-hetero) is 2. The number of likely N-dealkylation sites (tertiary alicyclic amines) is 1. The van der Waals surface area contributed by atoms with E-state index in [9.17, 15) is 19.2 Å². The molecule has 0 aromatic heterocycles. The van der Waals surface area contributed by atoms with Gasteiger partial charge in [-0.15, -0.1) is 0 Å². The van der Waals surface area contributed by atoms with E-state index in [1.54, 1.807) is 39.0 Å². The molecule has 1 saturated heterocycles. The number of hydrogen-bond acceptors (Lipinski definition) is 7. The summed E-state index contributed by atoms with van der Waals surface area (Å²) in [6.07, 6.45) is 1.95. The third-order valence-electron chi connectivity index (χ3n) is 9.46. The maximum absolute atomic E-state index is 14.3. The van der Waals surface area contributed by atoms with Crippen LogP contribution in [0.2, 0.25) is 0 Å². The molecule has 4 aromatic carbocycles. The van der Waals surface area contributed by atoms with E-state index in [2.05, 4.69) is 5.32 Å². The van der Waals surface area contributed by atoms with Gasteiger partial charge < -0.3 is 10.1 Å². The van der Waals surface area contributed by atoms with Crippen LogP contribution in [0, 0.1) is 0 Å². The number of hydrogen-bond donors (Lipinski definition) is 1. The zero-order valence-corrected chi connectivity index (χ0v) is 32.1. The molecule has 1 N–H and O–H groups in total. The summed E-state index contributed by atoms with van der Waals surface area (Å²) in [6.45, 7) is 9.26. The third kappa shape index (κ3) is 8.60. The molecule has 0 saturated carbocycles. The maximum Gasteiger partial charge on any atom is 0.411 e. The van der Waals surface area contributed by atoms with E-state index in [-0.39, 0.29) is 25.4 Å². The smallest absolute Gasteiger partial charge is 0.411 e. The van der Waals surface area contributed by atoms with Crippen molar-refractivity contribution in [2.24, 2.45) is 4.99 Å². The van der Waals surface area contributed by atoms with Gasteiger partial charge in [0.25, 0.3) is 5.91 Å². The Morgan fingerprint density at radius 2 is 1.36 bits per heavy atom. The van der Waals surface area contributed by atoms with Crippen molar-refractivity contribution in [2.45, 2.75) is 64.5 Å². The van der Waals surface area contributed by atoms with Crippen molar-refractivity contribution >= 4 is 41.2 Å². The standard InChI is InChI=1S/C45H48N4O6/c1-6-25-49(54-7-2)42(52)33-26-31-23-24-32(41-38(50)29-48(30-39(41)51)43(53)55-44(3,4)5)27-37(31)46-40(28-33)47-45(34-17-11-8-12-18-34,35-19-13-9-14-20-35)36-21-15-10-16-22-36/h8-24,26-27,41H,6-7,25,28-30H2,1-5H3,(H,46,47). The van der Waals surface area contributed by atoms with Gasteiger partial charge in [0, 0.05) is 24.2 Å². The Morgan fingerprint density at radius 1 is 0.818 bits per heavy atom. The Labute approximate surface area is 322 Å². The summed E-state index contributed by atoms with van der Waals surface area (Å²) < 4.78 is 5.44. The highest BCUT2D eigenvalue weighted by molar-refractivity contribution is 6.13. The van der Waals surface area contributed by atoms with Crippen LogP contribution in [0.5, 0.6) is 0 Å². The molecule has 4 aromatic rings. The number of rotatable bonds is 10. The van der Waals surface area contributed by atoms with Gasteiger partial charge in [0.1, 0.15) is 22.9 Å². The normalized spacial score (nSPS) is 15.8. The van der Waals surface area contributed by atoms with Gasteiger partial charge in [0.2, 0.25) is 0 Å². The number of piperidine rings is 1. The van der Waals surface area contributed by atoms with Gasteiger partial charge in [-0.25, -0.2) is 9.86 Å². The van der Waals surface area contributed by atoms with E-state index < -0.39 is 34.7 Å². The summed E-state index contributed by atoms with van der Waals surface area (Å²) in [7, 11) is 0. The Kier molecular flexibility index (Phi) is 11.8. The highest BCUT2D eigenvalue weighted by atomic mass is 16.7. The summed E-state index contributed by atoms with van der Waals surface area (Å²) in [6, 6.07) is 35.4. The van der Waals surface area contributed by atoms with Crippen LogP contribution >= 0.6 is 0 Å². The minimum absolute atomic E-state index is 0.135. The van der Waals surface area contributed by atoms with Crippen LogP contribution in [0.4, 0.5) is 10.5 Å². The molecular formula is C45H48N4O6. The van der Waals surface area contributed by atoms with E-state index in [4.69, 9.17) is 14.6 Å². The van der Waals surface area contributed by atoms with Crippen LogP contribution in [0.25, 0.3) is 6.08 Å². The SMILES string of the molecule is CCCN(OCC)C(=O)C1=Cc2ccc(C3C(=O)CN(C(=O)OC(C)(C)C)CC3=O)cc2NC(=NC(c2ccccc2)(c2ccccc2)c2ccccc2)C1. The second kappa shape index (κ2) is 16.7. The number of ether oxygens (including phenoxy) is 1. The van der Waals surface area contributed by atoms with Crippen molar-refractivity contribution in [1.29, 1.82) is 0 Å². The predicted molar refractivity (Wildman–Crippen MR) is 213 cm³/mol. The number of carbonyl (C=O) groups is 4. The Morgan fingerprint density at radius 3 is 1.85 bits per heavy atom. The first-order valence-electron chi connectivity index (χ1n) is 18.8. The fourth-order valence-corrected chi connectivity index (χ4v) is 7.11. The summed E-state index contributed by atoms with van der Waals surface area (Å²) in [5.41, 5.74) is 3.16. The van der Waals surface area contributed by atoms with E-state index in [0.29, 0.717) is 47.8 Å². The largest absolute Gasteiger partial charge is 0.444 e. The highest BCUT2D eigenvalue weighted by Gasteiger charge is 2.40. The number of nitrogens with one attached hydrogen (secondary N) is 1. The molecule has 2 heterocycles. The summed E-state index contributed by atoms with van der Waals surface area (Å²) in [5, 5.41) is 4.95. The lowest BCUT2D eigenvalue weighted by molar-refractivity contribution is -0.180. The second-order valence-electron chi connectivity index (χ2n) is 14.7. The average molecular weight is 741 g/mol. The number of nitrogens with zero attached hydrogens (tertiary/aromatic N) is 3. The van der Waals surface area contributed by atoms with Gasteiger partial charge in [0.15, 0.2) is 11.6 Å². The van der Waals surface area contributed by atoms with Crippen LogP contribution < -0.4 is 5.32 Å². The van der Waals surface area contributed by atoms with Gasteiger partial charge in [-0.2, -0.15) is 0 Å². The van der Waals surface area contributed by atoms with Crippen molar-refractivity contribution in [3.05, 3.63) is 143 Å². The topological polar surface area (TPSA) is 118 Å². The average Bonchev–Trinajstić information content (AvgIpc) is 3.35. The van der Waals surface area contributed by atoms with Gasteiger partial charge >= 0.3 is 6.09 Å². The minimum atomic E-state index is -1.07. The van der Waals surface area contributed by atoms with Crippen LogP contribution in [-0.4, -0.2) is 71.2 Å². The number of hydroxylamine groups is 2. The van der Waals surface area contributed by atoms with E-state index in [0.717, 1.165) is 21.6 Å². The lowest BCUT2D eigenvalue weighted by atomic mass is 9.77. The van der Waals surface area contributed by atoms with Gasteiger partial charge in [0.05, 0.1) is 19.7 Å². The summed E-state index contributed by atoms with van der Waals surface area (Å²) in [4.78, 5) is 66.8. The molecule has 0 spiro atoms. The fourth-order valence-electron chi connectivity index (χ4n) is 7.11. The van der Waals surface area contributed by atoms with E-state index in [1.165, 1.54) is 5.06 Å². The zero-order valence-electron chi connectivity index (χ0n) is 32.1. The molecule has 6 rings (SSSR count). The maximum atomic E-state index is 14.3. The quantitative estimate of drug-likeness (QED) is 0.0997. The number of anilines is 1. The summed E-state index contributed by atoms with van der Waals surface area (Å²) in [5.74, 6) is -1.66. The second-order valence-corrected chi connectivity index (χ2v) is 14.7. The molecular weight excluding hydrogens is 693 g/mol. The third-order valence-corrected chi connectivity index (χ3v) is 9.46. The lowest BCUT2D eigenvalue weighted by Gasteiger charge is -2.33. The van der Waals surface area contributed by atoms with Gasteiger partial charge in [-0.3, -0.25) is 29.1 Å². The van der Waals surface area contributed by atoms with E-state index in [1.807, 2.05) is 111 Å². The predicted octanol–water partition coefficient (Wildman–Crippen LogP) is 7.94. The molecule has 0 bridgehead atoms. The van der Waals surface area contributed by atoms with Crippen molar-refractivity contribution in [1.82, 2.24) is 9.96 Å². The van der Waals surface area contributed by atoms with Crippen LogP contribution in [-0.2, 0) is 29.5 Å². The molecule has 1 fully saturated rings. The van der Waals surface area contributed by atoms with Gasteiger partial charge in [-0.1, -0.05) is 110 Å². The number of ketones is 2. The molecule has 0 atom stereocenters. The monoisotopic (exact) mass is 740 g/mol. The van der Waals surface area contributed by atoms with Crippen LogP contribution in [0.1, 0.15) is 81.2 Å². The number of amides is 2. The zero-order chi connectivity index (χ0) is 39.2. The Bertz CT molecular complexity index is 1970. The summed E-state index contributed by atoms with van der Waals surface area (Å²) >= 11 is 0. The first-order chi connectivity index (χ1) is 26.4. The Balaban J connectivity index is 1.49. The molecule has 2 amide bonds. The van der Waals surface area contributed by atoms with E-state index >= 15 is 0 Å². The molecule has 284 valence electrons. The van der Waals surface area contributed by atoms with Crippen molar-refractivity contribution < 1.29 is 28.8 Å². The number of aliphatic imine (C=N–C) groups is 1. The first-order valence-corrected chi connectivity index (χ1v) is 18.8. The van der Waals surface area contributed by atoms with Crippen molar-refractivity contribution in [3.63, 3.8) is 0 Å². The molecule has 2 aliphatic rings. The molecule has 0 radical (unpaired) electrons. The molecule has 0 unspecified atom stereocenters. The fraction of sp³-hybridized carbons (Fsp3) is 0.311. The number of fused-ring (bicyclic) bond motifs is 1. The van der Waals surface area contributed by atoms with Crippen molar-refractivity contribution in [3.8, 4) is 0 Å². The molecule has 10 nitrogen and oxygen atoms in total. The lowest BCUT2D eigenvalue weighted by Crippen LogP contribution is -2.50. The Hall–Kier alpha value is -5.87. The molecule has 55 heavy (non-hydrogen) atoms. The minimum Gasteiger partial charge on any atom is -0.444 e. The van der Waals surface area contributed by atoms with Crippen molar-refractivity contribution in [2.75, 3.05) is 31.6 Å². The molecule has 10 heteroatoms. The number of amidine groups is 1. The first kappa shape index (κ1) is 38.8. The highest BCUT2D eigenvalue weighted by Crippen LogP contribution is 2.42. The molecule has 2 aliphatic heterocycles. The molecule has 0 aliphatic carbocycles. The van der Waals surface area contributed by atoms with Gasteiger partial charge in [-0.05, 0) is 74.1 Å². The number of benzene rings is 4.